The Kier molecular flexibility index (Phi) is 2.06. The molecule has 0 aromatic carbocycles. The molecular formula is C10H17NO2. The number of carboxylic acids is 1. The standard InChI is InChI=1S/C10H17NO2/c11-6-10(9(12)13,8-3-4-8)5-7-1-2-7/h7-8H,1-6,11H2,(H,12,13). The molecule has 0 aromatic rings. The molecule has 0 heterocycles. The lowest BCUT2D eigenvalue weighted by molar-refractivity contribution is -0.150. The van der Waals surface area contributed by atoms with Gasteiger partial charge in [0.25, 0.3) is 0 Å². The molecule has 1 unspecified atom stereocenters. The molecule has 0 saturated heterocycles. The van der Waals surface area contributed by atoms with Gasteiger partial charge in [0.05, 0.1) is 5.41 Å². The van der Waals surface area contributed by atoms with Gasteiger partial charge in [0.15, 0.2) is 0 Å². The molecule has 13 heavy (non-hydrogen) atoms. The van der Waals surface area contributed by atoms with Gasteiger partial charge >= 0.3 is 5.97 Å². The minimum atomic E-state index is -0.663. The molecule has 0 bridgehead atoms. The van der Waals surface area contributed by atoms with Crippen LogP contribution in [0.1, 0.15) is 32.1 Å². The van der Waals surface area contributed by atoms with Crippen LogP contribution in [-0.4, -0.2) is 17.6 Å². The van der Waals surface area contributed by atoms with Crippen molar-refractivity contribution >= 4 is 5.97 Å². The van der Waals surface area contributed by atoms with Crippen molar-refractivity contribution in [1.29, 1.82) is 0 Å². The van der Waals surface area contributed by atoms with Crippen molar-refractivity contribution in [1.82, 2.24) is 0 Å². The van der Waals surface area contributed by atoms with E-state index in [2.05, 4.69) is 0 Å². The maximum atomic E-state index is 11.2. The Labute approximate surface area is 78.3 Å². The van der Waals surface area contributed by atoms with Crippen molar-refractivity contribution < 1.29 is 9.90 Å². The molecule has 2 saturated carbocycles. The largest absolute Gasteiger partial charge is 0.481 e. The second kappa shape index (κ2) is 2.98. The highest BCUT2D eigenvalue weighted by Crippen LogP contribution is 2.52. The first-order valence-corrected chi connectivity index (χ1v) is 5.12. The SMILES string of the molecule is NCC(CC1CC1)(C(=O)O)C1CC1. The molecule has 3 nitrogen and oxygen atoms in total. The third-order valence-corrected chi connectivity index (χ3v) is 3.50. The summed E-state index contributed by atoms with van der Waals surface area (Å²) in [5, 5.41) is 9.23. The first-order chi connectivity index (χ1) is 6.19. The average molecular weight is 183 g/mol. The van der Waals surface area contributed by atoms with Crippen LogP contribution in [-0.2, 0) is 4.79 Å². The number of carbonyl (C=O) groups is 1. The Morgan fingerprint density at radius 1 is 1.38 bits per heavy atom. The second-order valence-electron chi connectivity index (χ2n) is 4.59. The summed E-state index contributed by atoms with van der Waals surface area (Å²) in [5.74, 6) is 0.361. The van der Waals surface area contributed by atoms with Crippen molar-refractivity contribution in [2.24, 2.45) is 23.0 Å². The van der Waals surface area contributed by atoms with E-state index in [0.29, 0.717) is 18.4 Å². The molecule has 0 radical (unpaired) electrons. The minimum absolute atomic E-state index is 0.323. The van der Waals surface area contributed by atoms with Crippen LogP contribution >= 0.6 is 0 Å². The Morgan fingerprint density at radius 2 is 2.00 bits per heavy atom. The van der Waals surface area contributed by atoms with E-state index in [-0.39, 0.29) is 0 Å². The molecule has 2 rings (SSSR count). The van der Waals surface area contributed by atoms with Crippen molar-refractivity contribution in [3.8, 4) is 0 Å². The summed E-state index contributed by atoms with van der Waals surface area (Å²) >= 11 is 0. The van der Waals surface area contributed by atoms with E-state index in [4.69, 9.17) is 5.73 Å². The topological polar surface area (TPSA) is 63.3 Å². The van der Waals surface area contributed by atoms with Crippen LogP contribution in [0.5, 0.6) is 0 Å². The van der Waals surface area contributed by atoms with Gasteiger partial charge in [-0.15, -0.1) is 0 Å². The van der Waals surface area contributed by atoms with Gasteiger partial charge in [0, 0.05) is 6.54 Å². The van der Waals surface area contributed by atoms with E-state index in [0.717, 1.165) is 19.3 Å². The van der Waals surface area contributed by atoms with Crippen molar-refractivity contribution in [2.75, 3.05) is 6.54 Å². The lowest BCUT2D eigenvalue weighted by Gasteiger charge is -2.27. The first kappa shape index (κ1) is 9.00. The molecule has 2 aliphatic rings. The van der Waals surface area contributed by atoms with Crippen LogP contribution in [0.4, 0.5) is 0 Å². The van der Waals surface area contributed by atoms with E-state index in [1.165, 1.54) is 12.8 Å². The number of carboxylic acid groups (broad SMARTS) is 1. The smallest absolute Gasteiger partial charge is 0.311 e. The first-order valence-electron chi connectivity index (χ1n) is 5.12. The monoisotopic (exact) mass is 183 g/mol. The third-order valence-electron chi connectivity index (χ3n) is 3.50. The maximum Gasteiger partial charge on any atom is 0.311 e. The fourth-order valence-corrected chi connectivity index (χ4v) is 2.24. The van der Waals surface area contributed by atoms with Crippen LogP contribution in [0.2, 0.25) is 0 Å². The highest BCUT2D eigenvalue weighted by molar-refractivity contribution is 5.76. The summed E-state index contributed by atoms with van der Waals surface area (Å²) in [4.78, 5) is 11.2. The maximum absolute atomic E-state index is 11.2. The lowest BCUT2D eigenvalue weighted by atomic mass is 9.78. The molecule has 3 N–H and O–H groups in total. The predicted molar refractivity (Wildman–Crippen MR) is 49.2 cm³/mol. The summed E-state index contributed by atoms with van der Waals surface area (Å²) in [6.07, 6.45) is 5.37. The van der Waals surface area contributed by atoms with Crippen LogP contribution < -0.4 is 5.73 Å². The normalized spacial score (nSPS) is 26.8. The fraction of sp³-hybridized carbons (Fsp3) is 0.900. The molecule has 0 spiro atoms. The van der Waals surface area contributed by atoms with Gasteiger partial charge in [-0.2, -0.15) is 0 Å². The minimum Gasteiger partial charge on any atom is -0.481 e. The summed E-state index contributed by atoms with van der Waals surface area (Å²) in [6.45, 7) is 0.323. The molecule has 3 heteroatoms. The van der Waals surface area contributed by atoms with Gasteiger partial charge in [0.2, 0.25) is 0 Å². The number of nitrogens with two attached hydrogens (primary N) is 1. The number of rotatable bonds is 5. The van der Waals surface area contributed by atoms with Gasteiger partial charge in [-0.1, -0.05) is 12.8 Å². The molecule has 2 aliphatic carbocycles. The van der Waals surface area contributed by atoms with E-state index in [1.54, 1.807) is 0 Å². The van der Waals surface area contributed by atoms with Gasteiger partial charge in [-0.25, -0.2) is 0 Å². The zero-order valence-electron chi connectivity index (χ0n) is 7.83. The molecular weight excluding hydrogens is 166 g/mol. The highest BCUT2D eigenvalue weighted by atomic mass is 16.4. The summed E-state index contributed by atoms with van der Waals surface area (Å²) in [7, 11) is 0. The number of hydrogen-bond acceptors (Lipinski definition) is 2. The zero-order chi connectivity index (χ0) is 9.47. The van der Waals surface area contributed by atoms with Gasteiger partial charge < -0.3 is 10.8 Å². The van der Waals surface area contributed by atoms with Crippen molar-refractivity contribution in [2.45, 2.75) is 32.1 Å². The van der Waals surface area contributed by atoms with Crippen molar-refractivity contribution in [3.05, 3.63) is 0 Å². The van der Waals surface area contributed by atoms with Crippen molar-refractivity contribution in [3.63, 3.8) is 0 Å². The fourth-order valence-electron chi connectivity index (χ4n) is 2.24. The molecule has 0 aromatic heterocycles. The summed E-state index contributed by atoms with van der Waals surface area (Å²) in [5.41, 5.74) is 5.08. The zero-order valence-corrected chi connectivity index (χ0v) is 7.83. The Hall–Kier alpha value is -0.570. The van der Waals surface area contributed by atoms with Gasteiger partial charge in [-0.3, -0.25) is 4.79 Å². The van der Waals surface area contributed by atoms with Gasteiger partial charge in [-0.05, 0) is 31.1 Å². The Bertz CT molecular complexity index is 221. The Morgan fingerprint density at radius 3 is 2.31 bits per heavy atom. The Balaban J connectivity index is 2.09. The van der Waals surface area contributed by atoms with E-state index < -0.39 is 11.4 Å². The average Bonchev–Trinajstić information content (AvgIpc) is 2.92. The van der Waals surface area contributed by atoms with E-state index >= 15 is 0 Å². The van der Waals surface area contributed by atoms with E-state index in [1.807, 2.05) is 0 Å². The van der Waals surface area contributed by atoms with Gasteiger partial charge in [0.1, 0.15) is 0 Å². The predicted octanol–water partition coefficient (Wildman–Crippen LogP) is 1.23. The molecule has 2 fully saturated rings. The lowest BCUT2D eigenvalue weighted by Crippen LogP contribution is -2.41. The second-order valence-corrected chi connectivity index (χ2v) is 4.59. The highest BCUT2D eigenvalue weighted by Gasteiger charge is 2.52. The van der Waals surface area contributed by atoms with E-state index in [9.17, 15) is 9.90 Å². The summed E-state index contributed by atoms with van der Waals surface area (Å²) in [6, 6.07) is 0. The molecule has 0 amide bonds. The molecule has 1 atom stereocenters. The third kappa shape index (κ3) is 1.57. The quantitative estimate of drug-likeness (QED) is 0.673. The molecule has 74 valence electrons. The number of hydrogen-bond donors (Lipinski definition) is 2. The van der Waals surface area contributed by atoms with Crippen LogP contribution in [0.25, 0.3) is 0 Å². The molecule has 0 aliphatic heterocycles. The number of aliphatic carboxylic acids is 1. The van der Waals surface area contributed by atoms with Crippen LogP contribution in [0, 0.1) is 17.3 Å². The summed E-state index contributed by atoms with van der Waals surface area (Å²) < 4.78 is 0. The van der Waals surface area contributed by atoms with Crippen LogP contribution in [0.3, 0.4) is 0 Å². The van der Waals surface area contributed by atoms with Crippen LogP contribution in [0.15, 0.2) is 0 Å².